The van der Waals surface area contributed by atoms with Gasteiger partial charge >= 0.3 is 5.97 Å². The van der Waals surface area contributed by atoms with Crippen molar-refractivity contribution < 1.29 is 19.1 Å². The number of nitrogens with zero attached hydrogens (tertiary/aromatic N) is 1. The SMILES string of the molecule is CCCC(NC(=O)c1ccc(-c2cc(Cl)ccc2-c2nc3ccc(C(C)(C)C)cc3[nH]2)c(C(=O)OC)c1)c1ccccc1OC. The first-order valence-electron chi connectivity index (χ1n) is 15.0. The second-order valence-electron chi connectivity index (χ2n) is 12.1. The van der Waals surface area contributed by atoms with E-state index in [1.165, 1.54) is 12.7 Å². The number of ether oxygens (including phenoxy) is 2. The number of methoxy groups -OCH3 is 2. The number of amides is 1. The molecular weight excluding hydrogens is 586 g/mol. The highest BCUT2D eigenvalue weighted by atomic mass is 35.5. The van der Waals surface area contributed by atoms with Gasteiger partial charge in [0.25, 0.3) is 5.91 Å². The molecule has 45 heavy (non-hydrogen) atoms. The van der Waals surface area contributed by atoms with E-state index in [0.717, 1.165) is 28.6 Å². The Bertz CT molecular complexity index is 1870. The van der Waals surface area contributed by atoms with Crippen molar-refractivity contribution in [3.8, 4) is 28.3 Å². The van der Waals surface area contributed by atoms with Crippen LogP contribution >= 0.6 is 11.6 Å². The maximum atomic E-state index is 13.6. The van der Waals surface area contributed by atoms with Crippen LogP contribution in [0.25, 0.3) is 33.5 Å². The fourth-order valence-corrected chi connectivity index (χ4v) is 5.71. The summed E-state index contributed by atoms with van der Waals surface area (Å²) in [5, 5.41) is 3.63. The molecule has 1 aromatic heterocycles. The molecule has 232 valence electrons. The van der Waals surface area contributed by atoms with Gasteiger partial charge in [-0.15, -0.1) is 0 Å². The molecule has 5 rings (SSSR count). The highest BCUT2D eigenvalue weighted by molar-refractivity contribution is 6.31. The number of carbonyl (C=O) groups excluding carboxylic acids is 2. The van der Waals surface area contributed by atoms with Crippen LogP contribution in [0, 0.1) is 0 Å². The van der Waals surface area contributed by atoms with Gasteiger partial charge in [0, 0.05) is 21.7 Å². The molecule has 0 aliphatic heterocycles. The van der Waals surface area contributed by atoms with Crippen molar-refractivity contribution in [1.82, 2.24) is 15.3 Å². The number of halogens is 1. The van der Waals surface area contributed by atoms with Crippen LogP contribution in [0.5, 0.6) is 5.75 Å². The number of aromatic nitrogens is 2. The van der Waals surface area contributed by atoms with Crippen LogP contribution in [0.15, 0.2) is 78.9 Å². The van der Waals surface area contributed by atoms with E-state index in [9.17, 15) is 9.59 Å². The monoisotopic (exact) mass is 623 g/mol. The smallest absolute Gasteiger partial charge is 0.338 e. The molecule has 1 heterocycles. The number of imidazole rings is 1. The van der Waals surface area contributed by atoms with E-state index < -0.39 is 5.97 Å². The van der Waals surface area contributed by atoms with Crippen LogP contribution in [0.2, 0.25) is 5.02 Å². The van der Waals surface area contributed by atoms with Crippen molar-refractivity contribution in [2.45, 2.75) is 52.0 Å². The molecule has 1 unspecified atom stereocenters. The number of esters is 1. The molecule has 0 aliphatic rings. The molecule has 0 fully saturated rings. The molecule has 0 spiro atoms. The summed E-state index contributed by atoms with van der Waals surface area (Å²) in [5.41, 5.74) is 6.39. The molecule has 0 saturated heterocycles. The predicted octanol–water partition coefficient (Wildman–Crippen LogP) is 8.91. The number of carbonyl (C=O) groups is 2. The summed E-state index contributed by atoms with van der Waals surface area (Å²) in [6, 6.07) is 24.1. The number of benzene rings is 4. The fraction of sp³-hybridized carbons (Fsp3) is 0.270. The van der Waals surface area contributed by atoms with E-state index in [2.05, 4.69) is 50.1 Å². The molecule has 0 bridgehead atoms. The Balaban J connectivity index is 1.56. The van der Waals surface area contributed by atoms with E-state index in [1.54, 1.807) is 37.4 Å². The van der Waals surface area contributed by atoms with Crippen molar-refractivity contribution in [1.29, 1.82) is 0 Å². The molecule has 1 atom stereocenters. The van der Waals surface area contributed by atoms with Gasteiger partial charge in [-0.25, -0.2) is 9.78 Å². The number of para-hydroxylation sites is 1. The largest absolute Gasteiger partial charge is 0.496 e. The Morgan fingerprint density at radius 2 is 1.69 bits per heavy atom. The van der Waals surface area contributed by atoms with Crippen LogP contribution in [-0.2, 0) is 10.2 Å². The number of hydrogen-bond donors (Lipinski definition) is 2. The minimum Gasteiger partial charge on any atom is -0.496 e. The van der Waals surface area contributed by atoms with Crippen LogP contribution < -0.4 is 10.1 Å². The summed E-state index contributed by atoms with van der Waals surface area (Å²) in [4.78, 5) is 35.1. The Labute approximate surface area is 268 Å². The molecule has 0 saturated carbocycles. The van der Waals surface area contributed by atoms with Crippen molar-refractivity contribution in [3.05, 3.63) is 106 Å². The molecule has 1 amide bonds. The third-order valence-corrected chi connectivity index (χ3v) is 8.19. The van der Waals surface area contributed by atoms with Crippen LogP contribution in [0.3, 0.4) is 0 Å². The van der Waals surface area contributed by atoms with Crippen LogP contribution in [-0.4, -0.2) is 36.1 Å². The van der Waals surface area contributed by atoms with Gasteiger partial charge in [-0.1, -0.05) is 76.0 Å². The lowest BCUT2D eigenvalue weighted by atomic mass is 9.87. The molecular formula is C37H38ClN3O4. The first kappa shape index (κ1) is 31.8. The zero-order chi connectivity index (χ0) is 32.3. The average molecular weight is 624 g/mol. The zero-order valence-electron chi connectivity index (χ0n) is 26.5. The molecule has 0 radical (unpaired) electrons. The van der Waals surface area contributed by atoms with Gasteiger partial charge in [0.1, 0.15) is 11.6 Å². The normalized spacial score (nSPS) is 12.2. The summed E-state index contributed by atoms with van der Waals surface area (Å²) in [5.74, 6) is 0.462. The first-order chi connectivity index (χ1) is 21.5. The summed E-state index contributed by atoms with van der Waals surface area (Å²) >= 11 is 6.50. The van der Waals surface area contributed by atoms with Crippen molar-refractivity contribution >= 4 is 34.5 Å². The fourth-order valence-electron chi connectivity index (χ4n) is 5.54. The van der Waals surface area contributed by atoms with Gasteiger partial charge < -0.3 is 19.8 Å². The third-order valence-electron chi connectivity index (χ3n) is 7.96. The lowest BCUT2D eigenvalue weighted by Gasteiger charge is -2.21. The Kier molecular flexibility index (Phi) is 9.30. The van der Waals surface area contributed by atoms with Gasteiger partial charge in [0.05, 0.1) is 36.9 Å². The van der Waals surface area contributed by atoms with E-state index in [-0.39, 0.29) is 22.9 Å². The van der Waals surface area contributed by atoms with Gasteiger partial charge in [-0.05, 0) is 77.1 Å². The van der Waals surface area contributed by atoms with Gasteiger partial charge in [0.2, 0.25) is 0 Å². The Hall–Kier alpha value is -4.62. The summed E-state index contributed by atoms with van der Waals surface area (Å²) in [6.45, 7) is 8.57. The molecule has 4 aromatic carbocycles. The number of fused-ring (bicyclic) bond motifs is 1. The number of aromatic amines is 1. The van der Waals surface area contributed by atoms with Crippen molar-refractivity contribution in [2.24, 2.45) is 0 Å². The summed E-state index contributed by atoms with van der Waals surface area (Å²) in [6.07, 6.45) is 1.57. The van der Waals surface area contributed by atoms with Crippen molar-refractivity contribution in [2.75, 3.05) is 14.2 Å². The standard InChI is InChI=1S/C37H38ClN3O4/c1-7-10-30(27-11-8-9-12-33(27)44-5)41-35(42)22-13-16-25(29(19-22)36(43)45-6)28-21-24(38)15-17-26(28)34-39-31-18-14-23(37(2,3)4)20-32(31)40-34/h8-9,11-21,30H,7,10H2,1-6H3,(H,39,40)(H,41,42). The molecule has 0 aliphatic carbocycles. The quantitative estimate of drug-likeness (QED) is 0.160. The Morgan fingerprint density at radius 3 is 2.40 bits per heavy atom. The lowest BCUT2D eigenvalue weighted by Crippen LogP contribution is -2.29. The van der Waals surface area contributed by atoms with Gasteiger partial charge in [0.15, 0.2) is 0 Å². The average Bonchev–Trinajstić information content (AvgIpc) is 3.47. The van der Waals surface area contributed by atoms with E-state index in [0.29, 0.717) is 39.7 Å². The highest BCUT2D eigenvalue weighted by Gasteiger charge is 2.23. The number of rotatable bonds is 9. The van der Waals surface area contributed by atoms with E-state index >= 15 is 0 Å². The number of hydrogen-bond acceptors (Lipinski definition) is 5. The maximum absolute atomic E-state index is 13.6. The minimum absolute atomic E-state index is 0.0158. The summed E-state index contributed by atoms with van der Waals surface area (Å²) in [7, 11) is 2.94. The second-order valence-corrected chi connectivity index (χ2v) is 12.5. The van der Waals surface area contributed by atoms with Crippen LogP contribution in [0.4, 0.5) is 0 Å². The summed E-state index contributed by atoms with van der Waals surface area (Å²) < 4.78 is 10.7. The topological polar surface area (TPSA) is 93.3 Å². The minimum atomic E-state index is -0.570. The molecule has 2 N–H and O–H groups in total. The highest BCUT2D eigenvalue weighted by Crippen LogP contribution is 2.37. The molecule has 5 aromatic rings. The van der Waals surface area contributed by atoms with Gasteiger partial charge in [-0.3, -0.25) is 4.79 Å². The van der Waals surface area contributed by atoms with Crippen LogP contribution in [0.1, 0.15) is 78.4 Å². The predicted molar refractivity (Wildman–Crippen MR) is 180 cm³/mol. The second kappa shape index (κ2) is 13.2. The Morgan fingerprint density at radius 1 is 0.933 bits per heavy atom. The maximum Gasteiger partial charge on any atom is 0.338 e. The first-order valence-corrected chi connectivity index (χ1v) is 15.4. The molecule has 8 heteroatoms. The van der Waals surface area contributed by atoms with Crippen molar-refractivity contribution in [3.63, 3.8) is 0 Å². The van der Waals surface area contributed by atoms with E-state index in [1.807, 2.05) is 36.4 Å². The lowest BCUT2D eigenvalue weighted by molar-refractivity contribution is 0.0601. The van der Waals surface area contributed by atoms with E-state index in [4.69, 9.17) is 26.1 Å². The number of H-pyrrole nitrogens is 1. The number of nitrogens with one attached hydrogen (secondary N) is 2. The third kappa shape index (κ3) is 6.74. The molecule has 7 nitrogen and oxygen atoms in total. The van der Waals surface area contributed by atoms with Gasteiger partial charge in [-0.2, -0.15) is 0 Å². The zero-order valence-corrected chi connectivity index (χ0v) is 27.2.